The Morgan fingerprint density at radius 3 is 2.48 bits per heavy atom. The zero-order valence-corrected chi connectivity index (χ0v) is 14.5. The molecule has 0 saturated carbocycles. The third kappa shape index (κ3) is 4.46. The molecule has 0 spiro atoms. The number of nitrogens with zero attached hydrogens (tertiary/aromatic N) is 2. The van der Waals surface area contributed by atoms with Gasteiger partial charge in [0.1, 0.15) is 5.76 Å². The van der Waals surface area contributed by atoms with Crippen LogP contribution in [0.5, 0.6) is 0 Å². The Labute approximate surface area is 155 Å². The first-order valence-electron chi connectivity index (χ1n) is 8.27. The highest BCUT2D eigenvalue weighted by Crippen LogP contribution is 2.25. The van der Waals surface area contributed by atoms with E-state index in [1.807, 2.05) is 37.3 Å². The molecular formula is C20H17N3O4. The Morgan fingerprint density at radius 2 is 1.81 bits per heavy atom. The van der Waals surface area contributed by atoms with E-state index in [4.69, 9.17) is 4.42 Å². The SMILES string of the molecule is CC(c1ccccc1)c1ccc(C(=O)N/N=C\c2ccc([N+](=O)[O-])cc2)o1. The monoisotopic (exact) mass is 363 g/mol. The molecule has 0 fully saturated rings. The van der Waals surface area contributed by atoms with Crippen molar-refractivity contribution in [2.75, 3.05) is 0 Å². The van der Waals surface area contributed by atoms with E-state index in [1.54, 1.807) is 24.3 Å². The summed E-state index contributed by atoms with van der Waals surface area (Å²) in [6.07, 6.45) is 1.40. The molecule has 3 aromatic rings. The second kappa shape index (κ2) is 8.09. The summed E-state index contributed by atoms with van der Waals surface area (Å²) in [6, 6.07) is 19.0. The number of carbonyl (C=O) groups is 1. The van der Waals surface area contributed by atoms with Gasteiger partial charge in [-0.3, -0.25) is 14.9 Å². The van der Waals surface area contributed by atoms with Gasteiger partial charge in [-0.2, -0.15) is 5.10 Å². The van der Waals surface area contributed by atoms with Crippen LogP contribution in [0, 0.1) is 10.1 Å². The molecule has 0 bridgehead atoms. The molecule has 1 unspecified atom stereocenters. The van der Waals surface area contributed by atoms with Gasteiger partial charge in [-0.05, 0) is 35.4 Å². The number of nitro groups is 1. The summed E-state index contributed by atoms with van der Waals surface area (Å²) in [5.41, 5.74) is 4.09. The molecular weight excluding hydrogens is 346 g/mol. The number of benzene rings is 2. The highest BCUT2D eigenvalue weighted by atomic mass is 16.6. The Morgan fingerprint density at radius 1 is 1.11 bits per heavy atom. The smallest absolute Gasteiger partial charge is 0.307 e. The molecule has 2 aromatic carbocycles. The zero-order chi connectivity index (χ0) is 19.2. The van der Waals surface area contributed by atoms with Crippen LogP contribution in [-0.4, -0.2) is 17.0 Å². The largest absolute Gasteiger partial charge is 0.455 e. The van der Waals surface area contributed by atoms with E-state index >= 15 is 0 Å². The summed E-state index contributed by atoms with van der Waals surface area (Å²) in [5, 5.41) is 14.5. The van der Waals surface area contributed by atoms with E-state index in [0.717, 1.165) is 5.56 Å². The predicted octanol–water partition coefficient (Wildman–Crippen LogP) is 4.10. The van der Waals surface area contributed by atoms with Gasteiger partial charge < -0.3 is 4.42 Å². The maximum atomic E-state index is 12.1. The van der Waals surface area contributed by atoms with Gasteiger partial charge in [0.05, 0.1) is 11.1 Å². The van der Waals surface area contributed by atoms with E-state index in [1.165, 1.54) is 18.3 Å². The van der Waals surface area contributed by atoms with E-state index < -0.39 is 10.8 Å². The van der Waals surface area contributed by atoms with Gasteiger partial charge >= 0.3 is 5.91 Å². The minimum absolute atomic E-state index is 0.00756. The Balaban J connectivity index is 1.61. The van der Waals surface area contributed by atoms with Crippen LogP contribution in [0.4, 0.5) is 5.69 Å². The lowest BCUT2D eigenvalue weighted by atomic mass is 9.99. The summed E-state index contributed by atoms with van der Waals surface area (Å²) < 4.78 is 5.65. The van der Waals surface area contributed by atoms with Crippen molar-refractivity contribution in [2.24, 2.45) is 5.10 Å². The second-order valence-corrected chi connectivity index (χ2v) is 5.88. The zero-order valence-electron chi connectivity index (χ0n) is 14.5. The number of carbonyl (C=O) groups excluding carboxylic acids is 1. The first kappa shape index (κ1) is 18.1. The van der Waals surface area contributed by atoms with Gasteiger partial charge in [0, 0.05) is 18.1 Å². The Kier molecular flexibility index (Phi) is 5.41. The number of non-ortho nitro benzene ring substituents is 1. The average molecular weight is 363 g/mol. The molecule has 1 amide bonds. The lowest BCUT2D eigenvalue weighted by molar-refractivity contribution is -0.384. The van der Waals surface area contributed by atoms with Crippen molar-refractivity contribution in [1.82, 2.24) is 5.43 Å². The summed E-state index contributed by atoms with van der Waals surface area (Å²) in [6.45, 7) is 2.00. The number of nitro benzene ring substituents is 1. The van der Waals surface area contributed by atoms with Gasteiger partial charge in [0.2, 0.25) is 0 Å². The van der Waals surface area contributed by atoms with Crippen LogP contribution in [-0.2, 0) is 0 Å². The maximum absolute atomic E-state index is 12.1. The summed E-state index contributed by atoms with van der Waals surface area (Å²) in [7, 11) is 0. The van der Waals surface area contributed by atoms with Gasteiger partial charge in [0.25, 0.3) is 5.69 Å². The predicted molar refractivity (Wildman–Crippen MR) is 101 cm³/mol. The van der Waals surface area contributed by atoms with Gasteiger partial charge in [0.15, 0.2) is 5.76 Å². The third-order valence-electron chi connectivity index (χ3n) is 4.06. The van der Waals surface area contributed by atoms with Crippen LogP contribution in [0.25, 0.3) is 0 Å². The van der Waals surface area contributed by atoms with Crippen molar-refractivity contribution in [1.29, 1.82) is 0 Å². The first-order valence-corrected chi connectivity index (χ1v) is 8.27. The molecule has 0 aliphatic rings. The minimum atomic E-state index is -0.479. The molecule has 0 aliphatic heterocycles. The van der Waals surface area contributed by atoms with Crippen molar-refractivity contribution in [3.8, 4) is 0 Å². The highest BCUT2D eigenvalue weighted by molar-refractivity contribution is 5.92. The van der Waals surface area contributed by atoms with E-state index in [0.29, 0.717) is 11.3 Å². The molecule has 0 radical (unpaired) electrons. The quantitative estimate of drug-likeness (QED) is 0.405. The Bertz CT molecular complexity index is 962. The molecule has 0 aliphatic carbocycles. The third-order valence-corrected chi connectivity index (χ3v) is 4.06. The minimum Gasteiger partial charge on any atom is -0.455 e. The average Bonchev–Trinajstić information content (AvgIpc) is 3.19. The van der Waals surface area contributed by atoms with Gasteiger partial charge in [-0.15, -0.1) is 0 Å². The summed E-state index contributed by atoms with van der Waals surface area (Å²) in [4.78, 5) is 22.3. The lowest BCUT2D eigenvalue weighted by Crippen LogP contribution is -2.16. The molecule has 1 heterocycles. The van der Waals surface area contributed by atoms with E-state index in [-0.39, 0.29) is 17.4 Å². The Hall–Kier alpha value is -3.74. The van der Waals surface area contributed by atoms with Crippen LogP contribution in [0.15, 0.2) is 76.2 Å². The number of nitrogens with one attached hydrogen (secondary N) is 1. The van der Waals surface area contributed by atoms with Crippen LogP contribution < -0.4 is 5.43 Å². The number of rotatable bonds is 6. The van der Waals surface area contributed by atoms with Crippen LogP contribution in [0.1, 0.15) is 40.3 Å². The molecule has 0 saturated heterocycles. The van der Waals surface area contributed by atoms with Crippen molar-refractivity contribution < 1.29 is 14.1 Å². The molecule has 1 atom stereocenters. The normalized spacial score (nSPS) is 12.0. The molecule has 1 N–H and O–H groups in total. The molecule has 7 nitrogen and oxygen atoms in total. The van der Waals surface area contributed by atoms with Crippen LogP contribution in [0.3, 0.4) is 0 Å². The molecule has 136 valence electrons. The van der Waals surface area contributed by atoms with Crippen molar-refractivity contribution in [3.63, 3.8) is 0 Å². The maximum Gasteiger partial charge on any atom is 0.307 e. The fourth-order valence-corrected chi connectivity index (χ4v) is 2.52. The second-order valence-electron chi connectivity index (χ2n) is 5.88. The topological polar surface area (TPSA) is 97.7 Å². The number of furan rings is 1. The first-order chi connectivity index (χ1) is 13.0. The summed E-state index contributed by atoms with van der Waals surface area (Å²) in [5.74, 6) is 0.398. The standard InChI is InChI=1S/C20H17N3O4/c1-14(16-5-3-2-4-6-16)18-11-12-19(27-18)20(24)22-21-13-15-7-9-17(10-8-15)23(25)26/h2-14H,1H3,(H,22,24)/b21-13-. The van der Waals surface area contributed by atoms with Gasteiger partial charge in [-0.1, -0.05) is 37.3 Å². The van der Waals surface area contributed by atoms with E-state index in [2.05, 4.69) is 10.5 Å². The molecule has 7 heteroatoms. The number of hydrazone groups is 1. The number of hydrogen-bond acceptors (Lipinski definition) is 5. The fraction of sp³-hybridized carbons (Fsp3) is 0.100. The van der Waals surface area contributed by atoms with Crippen LogP contribution >= 0.6 is 0 Å². The van der Waals surface area contributed by atoms with Crippen molar-refractivity contribution >= 4 is 17.8 Å². The highest BCUT2D eigenvalue weighted by Gasteiger charge is 2.16. The fourth-order valence-electron chi connectivity index (χ4n) is 2.52. The lowest BCUT2D eigenvalue weighted by Gasteiger charge is -2.08. The molecule has 3 rings (SSSR count). The number of amides is 1. The molecule has 1 aromatic heterocycles. The van der Waals surface area contributed by atoms with E-state index in [9.17, 15) is 14.9 Å². The summed E-state index contributed by atoms with van der Waals surface area (Å²) >= 11 is 0. The van der Waals surface area contributed by atoms with Crippen molar-refractivity contribution in [3.05, 3.63) is 99.5 Å². The molecule has 27 heavy (non-hydrogen) atoms. The van der Waals surface area contributed by atoms with Crippen molar-refractivity contribution in [2.45, 2.75) is 12.8 Å². The number of hydrogen-bond donors (Lipinski definition) is 1. The van der Waals surface area contributed by atoms with Crippen LogP contribution in [0.2, 0.25) is 0 Å². The van der Waals surface area contributed by atoms with Gasteiger partial charge in [-0.25, -0.2) is 5.43 Å².